The van der Waals surface area contributed by atoms with Gasteiger partial charge in [0.2, 0.25) is 0 Å². The zero-order valence-corrected chi connectivity index (χ0v) is 17.5. The first kappa shape index (κ1) is 20.3. The van der Waals surface area contributed by atoms with Gasteiger partial charge in [0.05, 0.1) is 37.8 Å². The Kier molecular flexibility index (Phi) is 5.75. The molecule has 158 valence electrons. The lowest BCUT2D eigenvalue weighted by molar-refractivity contribution is 0.0936. The number of methoxy groups -OCH3 is 2. The predicted molar refractivity (Wildman–Crippen MR) is 117 cm³/mol. The second kappa shape index (κ2) is 8.79. The van der Waals surface area contributed by atoms with Crippen LogP contribution in [0.4, 0.5) is 0 Å². The Morgan fingerprint density at radius 2 is 1.87 bits per heavy atom. The Morgan fingerprint density at radius 1 is 1.06 bits per heavy atom. The molecule has 4 aromatic rings. The van der Waals surface area contributed by atoms with Gasteiger partial charge in [-0.05, 0) is 49.4 Å². The number of hydrogen-bond donors (Lipinski definition) is 1. The number of carbonyl (C=O) groups excluding carboxylic acids is 1. The van der Waals surface area contributed by atoms with Gasteiger partial charge >= 0.3 is 0 Å². The van der Waals surface area contributed by atoms with Crippen LogP contribution in [0.5, 0.6) is 11.5 Å². The molecule has 0 radical (unpaired) electrons. The summed E-state index contributed by atoms with van der Waals surface area (Å²) in [7, 11) is 3.17. The molecule has 7 heteroatoms. The molecule has 1 atom stereocenters. The summed E-state index contributed by atoms with van der Waals surface area (Å²) in [5.41, 5.74) is 2.40. The van der Waals surface area contributed by atoms with Crippen molar-refractivity contribution < 1.29 is 18.7 Å². The highest BCUT2D eigenvalue weighted by Crippen LogP contribution is 2.35. The summed E-state index contributed by atoms with van der Waals surface area (Å²) >= 11 is 0. The van der Waals surface area contributed by atoms with Crippen molar-refractivity contribution in [1.29, 1.82) is 0 Å². The van der Waals surface area contributed by atoms with Crippen LogP contribution >= 0.6 is 0 Å². The van der Waals surface area contributed by atoms with Crippen LogP contribution in [0.15, 0.2) is 77.5 Å². The Bertz CT molecular complexity index is 1170. The van der Waals surface area contributed by atoms with Crippen LogP contribution in [0.25, 0.3) is 16.9 Å². The Hall–Kier alpha value is -4.00. The summed E-state index contributed by atoms with van der Waals surface area (Å²) in [6.07, 6.45) is 3.30. The van der Waals surface area contributed by atoms with Crippen LogP contribution in [0, 0.1) is 0 Å². The number of furan rings is 1. The molecule has 0 saturated carbocycles. The number of ether oxygens (including phenoxy) is 2. The van der Waals surface area contributed by atoms with Crippen molar-refractivity contribution in [2.75, 3.05) is 14.2 Å². The summed E-state index contributed by atoms with van der Waals surface area (Å²) in [5.74, 6) is 1.63. The molecular formula is C24H23N3O4. The van der Waals surface area contributed by atoms with E-state index in [1.807, 2.05) is 49.4 Å². The molecule has 2 aromatic heterocycles. The maximum Gasteiger partial charge on any atom is 0.255 e. The number of rotatable bonds is 7. The van der Waals surface area contributed by atoms with E-state index >= 15 is 0 Å². The van der Waals surface area contributed by atoms with Gasteiger partial charge < -0.3 is 19.2 Å². The highest BCUT2D eigenvalue weighted by atomic mass is 16.5. The van der Waals surface area contributed by atoms with Crippen LogP contribution < -0.4 is 14.8 Å². The molecule has 7 nitrogen and oxygen atoms in total. The smallest absolute Gasteiger partial charge is 0.255 e. The number of aromatic nitrogens is 2. The zero-order chi connectivity index (χ0) is 21.8. The molecule has 0 fully saturated rings. The fourth-order valence-corrected chi connectivity index (χ4v) is 3.33. The average Bonchev–Trinajstić information content (AvgIpc) is 3.50. The number of para-hydroxylation sites is 1. The van der Waals surface area contributed by atoms with Crippen molar-refractivity contribution in [3.8, 4) is 28.4 Å². The molecule has 0 unspecified atom stereocenters. The first-order chi connectivity index (χ1) is 15.1. The van der Waals surface area contributed by atoms with Crippen molar-refractivity contribution in [2.24, 2.45) is 0 Å². The maximum absolute atomic E-state index is 13.3. The quantitative estimate of drug-likeness (QED) is 0.474. The number of nitrogens with one attached hydrogen (secondary N) is 1. The second-order valence-electron chi connectivity index (χ2n) is 6.95. The minimum absolute atomic E-state index is 0.272. The largest absolute Gasteiger partial charge is 0.497 e. The molecule has 0 aliphatic rings. The third-order valence-corrected chi connectivity index (χ3v) is 4.96. The number of amides is 1. The van der Waals surface area contributed by atoms with Crippen LogP contribution in [0.3, 0.4) is 0 Å². The summed E-state index contributed by atoms with van der Waals surface area (Å²) < 4.78 is 18.0. The van der Waals surface area contributed by atoms with Gasteiger partial charge in [0.15, 0.2) is 0 Å². The molecule has 31 heavy (non-hydrogen) atoms. The lowest BCUT2D eigenvalue weighted by atomic mass is 10.1. The van der Waals surface area contributed by atoms with Crippen LogP contribution in [0.1, 0.15) is 29.1 Å². The molecule has 0 spiro atoms. The third-order valence-electron chi connectivity index (χ3n) is 4.96. The first-order valence-corrected chi connectivity index (χ1v) is 9.82. The Labute approximate surface area is 180 Å². The van der Waals surface area contributed by atoms with Gasteiger partial charge in [-0.2, -0.15) is 5.10 Å². The predicted octanol–water partition coefficient (Wildman–Crippen LogP) is 4.64. The van der Waals surface area contributed by atoms with Crippen molar-refractivity contribution in [2.45, 2.75) is 13.0 Å². The van der Waals surface area contributed by atoms with E-state index in [2.05, 4.69) is 5.32 Å². The molecule has 0 bridgehead atoms. The Morgan fingerprint density at radius 3 is 2.55 bits per heavy atom. The summed E-state index contributed by atoms with van der Waals surface area (Å²) in [6.45, 7) is 1.87. The number of benzene rings is 2. The van der Waals surface area contributed by atoms with Gasteiger partial charge in [0, 0.05) is 11.8 Å². The number of carbonyl (C=O) groups is 1. The fraction of sp³-hybridized carbons (Fsp3) is 0.167. The molecule has 0 aliphatic heterocycles. The van der Waals surface area contributed by atoms with Gasteiger partial charge in [0.1, 0.15) is 23.0 Å². The topological polar surface area (TPSA) is 78.5 Å². The molecule has 2 heterocycles. The number of nitrogens with zero attached hydrogens (tertiary/aromatic N) is 2. The maximum atomic E-state index is 13.3. The lowest BCUT2D eigenvalue weighted by Crippen LogP contribution is -2.26. The average molecular weight is 417 g/mol. The third kappa shape index (κ3) is 4.16. The van der Waals surface area contributed by atoms with Crippen molar-refractivity contribution in [3.63, 3.8) is 0 Å². The van der Waals surface area contributed by atoms with Gasteiger partial charge in [-0.3, -0.25) is 4.79 Å². The van der Waals surface area contributed by atoms with Crippen LogP contribution in [-0.2, 0) is 0 Å². The molecule has 0 saturated heterocycles. The van der Waals surface area contributed by atoms with E-state index < -0.39 is 0 Å². The van der Waals surface area contributed by atoms with Crippen LogP contribution in [-0.4, -0.2) is 29.9 Å². The zero-order valence-electron chi connectivity index (χ0n) is 17.5. The minimum atomic E-state index is -0.303. The Balaban J connectivity index is 1.80. The first-order valence-electron chi connectivity index (χ1n) is 9.82. The standard InChI is InChI=1S/C24H23N3O4/c1-16(21-10-7-13-31-21)25-24(28)20-15-27(17-8-5-4-6-9-17)26-23(20)19-14-18(29-2)11-12-22(19)30-3/h4-16H,1-3H3,(H,25,28)/t16-/m1/s1. The minimum Gasteiger partial charge on any atom is -0.497 e. The molecule has 1 amide bonds. The monoisotopic (exact) mass is 417 g/mol. The fourth-order valence-electron chi connectivity index (χ4n) is 3.33. The van der Waals surface area contributed by atoms with Crippen molar-refractivity contribution in [3.05, 3.63) is 84.4 Å². The summed E-state index contributed by atoms with van der Waals surface area (Å²) in [6, 6.07) is 18.3. The van der Waals surface area contributed by atoms with Gasteiger partial charge in [-0.1, -0.05) is 18.2 Å². The van der Waals surface area contributed by atoms with Crippen LogP contribution in [0.2, 0.25) is 0 Å². The van der Waals surface area contributed by atoms with E-state index in [4.69, 9.17) is 19.0 Å². The van der Waals surface area contributed by atoms with Crippen molar-refractivity contribution in [1.82, 2.24) is 15.1 Å². The van der Waals surface area contributed by atoms with E-state index in [0.717, 1.165) is 5.69 Å². The van der Waals surface area contributed by atoms with Crippen molar-refractivity contribution >= 4 is 5.91 Å². The SMILES string of the molecule is COc1ccc(OC)c(-c2nn(-c3ccccc3)cc2C(=O)N[C@H](C)c2ccco2)c1. The molecule has 0 aliphatic carbocycles. The highest BCUT2D eigenvalue weighted by molar-refractivity contribution is 6.00. The highest BCUT2D eigenvalue weighted by Gasteiger charge is 2.23. The summed E-state index contributed by atoms with van der Waals surface area (Å²) in [4.78, 5) is 13.3. The van der Waals surface area contributed by atoms with E-state index in [0.29, 0.717) is 34.1 Å². The molecule has 1 N–H and O–H groups in total. The summed E-state index contributed by atoms with van der Waals surface area (Å²) in [5, 5.41) is 7.70. The van der Waals surface area contributed by atoms with E-state index in [1.165, 1.54) is 0 Å². The van der Waals surface area contributed by atoms with Gasteiger partial charge in [-0.25, -0.2) is 4.68 Å². The lowest BCUT2D eigenvalue weighted by Gasteiger charge is -2.13. The van der Waals surface area contributed by atoms with Gasteiger partial charge in [-0.15, -0.1) is 0 Å². The molecule has 4 rings (SSSR count). The van der Waals surface area contributed by atoms with E-state index in [1.54, 1.807) is 49.6 Å². The second-order valence-corrected chi connectivity index (χ2v) is 6.95. The number of hydrogen-bond acceptors (Lipinski definition) is 5. The molecule has 2 aromatic carbocycles. The van der Waals surface area contributed by atoms with E-state index in [-0.39, 0.29) is 11.9 Å². The molecular weight excluding hydrogens is 394 g/mol. The normalized spacial score (nSPS) is 11.7. The van der Waals surface area contributed by atoms with E-state index in [9.17, 15) is 4.79 Å². The van der Waals surface area contributed by atoms with Gasteiger partial charge in [0.25, 0.3) is 5.91 Å².